The largest absolute Gasteiger partial charge is 0.336 e. The van der Waals surface area contributed by atoms with Gasteiger partial charge in [-0.3, -0.25) is 4.79 Å². The van der Waals surface area contributed by atoms with Crippen molar-refractivity contribution in [3.8, 4) is 0 Å². The van der Waals surface area contributed by atoms with Gasteiger partial charge in [-0.2, -0.15) is 0 Å². The molecule has 3 heterocycles. The zero-order valence-corrected chi connectivity index (χ0v) is 18.1. The van der Waals surface area contributed by atoms with Crippen LogP contribution in [-0.4, -0.2) is 47.0 Å². The van der Waals surface area contributed by atoms with Gasteiger partial charge in [0.05, 0.1) is 10.4 Å². The Hall–Kier alpha value is -1.94. The molecule has 0 atom stereocenters. The van der Waals surface area contributed by atoms with E-state index in [1.165, 1.54) is 0 Å². The topological polar surface area (TPSA) is 70.2 Å². The quantitative estimate of drug-likeness (QED) is 0.537. The smallest absolute Gasteiger partial charge is 0.253 e. The Morgan fingerprint density at radius 2 is 2.04 bits per heavy atom. The number of aromatic nitrogens is 2. The van der Waals surface area contributed by atoms with E-state index < -0.39 is 0 Å². The number of carbonyl (C=O) groups excluding carboxylic acids is 1. The van der Waals surface area contributed by atoms with Crippen LogP contribution in [0.2, 0.25) is 0 Å². The lowest BCUT2D eigenvalue weighted by Crippen LogP contribution is -2.46. The minimum atomic E-state index is 0.0938. The van der Waals surface area contributed by atoms with Gasteiger partial charge < -0.3 is 15.5 Å². The summed E-state index contributed by atoms with van der Waals surface area (Å²) in [5, 5.41) is 7.26. The Morgan fingerprint density at radius 1 is 1.21 bits per heavy atom. The zero-order chi connectivity index (χ0) is 19.3. The summed E-state index contributed by atoms with van der Waals surface area (Å²) in [4.78, 5) is 24.4. The molecule has 3 aromatic rings. The molecule has 9 heteroatoms. The van der Waals surface area contributed by atoms with E-state index >= 15 is 0 Å². The van der Waals surface area contributed by atoms with Gasteiger partial charge >= 0.3 is 0 Å². The number of rotatable bonds is 5. The number of amides is 1. The molecule has 1 aliphatic heterocycles. The Kier molecular flexibility index (Phi) is 6.26. The van der Waals surface area contributed by atoms with E-state index in [2.05, 4.69) is 36.5 Å². The first kappa shape index (κ1) is 19.4. The van der Waals surface area contributed by atoms with Gasteiger partial charge in [0.1, 0.15) is 10.4 Å². The van der Waals surface area contributed by atoms with Crippen LogP contribution in [0.4, 0.5) is 10.9 Å². The molecule has 0 radical (unpaired) electrons. The molecular weight excluding hydrogens is 458 g/mol. The van der Waals surface area contributed by atoms with Crippen LogP contribution in [0.1, 0.15) is 10.4 Å². The predicted octanol–water partition coefficient (Wildman–Crippen LogP) is 4.24. The number of nitrogens with one attached hydrogen (secondary N) is 2. The number of hydrogen-bond acceptors (Lipinski definition) is 7. The first-order chi connectivity index (χ1) is 13.7. The third-order valence-electron chi connectivity index (χ3n) is 4.14. The molecule has 1 aliphatic rings. The highest BCUT2D eigenvalue weighted by Gasteiger charge is 2.18. The van der Waals surface area contributed by atoms with Crippen molar-refractivity contribution in [2.75, 3.05) is 31.5 Å². The van der Waals surface area contributed by atoms with Crippen LogP contribution >= 0.6 is 39.0 Å². The number of thiazole rings is 1. The lowest BCUT2D eigenvalue weighted by atomic mass is 10.2. The molecule has 1 fully saturated rings. The van der Waals surface area contributed by atoms with Crippen molar-refractivity contribution in [1.29, 1.82) is 0 Å². The summed E-state index contributed by atoms with van der Waals surface area (Å²) >= 11 is 6.52. The van der Waals surface area contributed by atoms with E-state index in [0.717, 1.165) is 56.4 Å². The second-order valence-electron chi connectivity index (χ2n) is 6.13. The lowest BCUT2D eigenvalue weighted by molar-refractivity contribution is 0.0735. The highest BCUT2D eigenvalue weighted by molar-refractivity contribution is 9.10. The number of carbonyl (C=O) groups is 1. The first-order valence-corrected chi connectivity index (χ1v) is 11.2. The molecule has 0 spiro atoms. The standard InChI is InChI=1S/C19H18BrN5OS2/c20-15-5-2-6-16(23-15)24-19-22-12-17(28-19)27-14-4-1-3-13(11-14)18(26)25-9-7-21-8-10-25/h1-6,11-12,21H,7-10H2,(H,22,23,24). The van der Waals surface area contributed by atoms with Gasteiger partial charge in [0, 0.05) is 36.6 Å². The van der Waals surface area contributed by atoms with Crippen LogP contribution in [0.15, 0.2) is 62.4 Å². The Morgan fingerprint density at radius 3 is 2.86 bits per heavy atom. The van der Waals surface area contributed by atoms with E-state index in [1.807, 2.05) is 53.6 Å². The van der Waals surface area contributed by atoms with Crippen LogP contribution in [0.5, 0.6) is 0 Å². The van der Waals surface area contributed by atoms with Gasteiger partial charge in [-0.05, 0) is 46.3 Å². The zero-order valence-electron chi connectivity index (χ0n) is 14.9. The highest BCUT2D eigenvalue weighted by Crippen LogP contribution is 2.35. The number of piperazine rings is 1. The van der Waals surface area contributed by atoms with Crippen LogP contribution in [-0.2, 0) is 0 Å². The van der Waals surface area contributed by atoms with E-state index in [9.17, 15) is 4.79 Å². The highest BCUT2D eigenvalue weighted by atomic mass is 79.9. The summed E-state index contributed by atoms with van der Waals surface area (Å²) in [5.41, 5.74) is 0.730. The first-order valence-electron chi connectivity index (χ1n) is 8.81. The van der Waals surface area contributed by atoms with E-state index in [1.54, 1.807) is 23.1 Å². The molecule has 1 aromatic carbocycles. The number of nitrogens with zero attached hydrogens (tertiary/aromatic N) is 3. The maximum absolute atomic E-state index is 12.7. The third-order valence-corrected chi connectivity index (χ3v) is 6.58. The molecule has 0 bridgehead atoms. The second kappa shape index (κ2) is 9.04. The van der Waals surface area contributed by atoms with Crippen LogP contribution in [0, 0.1) is 0 Å². The summed E-state index contributed by atoms with van der Waals surface area (Å²) in [5.74, 6) is 0.834. The SMILES string of the molecule is O=C(c1cccc(Sc2cnc(Nc3cccc(Br)n3)s2)c1)N1CCNCC1. The van der Waals surface area contributed by atoms with Crippen molar-refractivity contribution in [3.63, 3.8) is 0 Å². The normalized spacial score (nSPS) is 14.1. The number of benzene rings is 1. The fourth-order valence-electron chi connectivity index (χ4n) is 2.81. The van der Waals surface area contributed by atoms with Gasteiger partial charge in [-0.1, -0.05) is 35.2 Å². The fourth-order valence-corrected chi connectivity index (χ4v) is 5.07. The number of anilines is 2. The Balaban J connectivity index is 1.43. The minimum Gasteiger partial charge on any atom is -0.336 e. The summed E-state index contributed by atoms with van der Waals surface area (Å²) in [6.07, 6.45) is 1.83. The van der Waals surface area contributed by atoms with Gasteiger partial charge in [-0.15, -0.1) is 0 Å². The molecule has 4 rings (SSSR count). The van der Waals surface area contributed by atoms with Crippen LogP contribution < -0.4 is 10.6 Å². The number of pyridine rings is 1. The predicted molar refractivity (Wildman–Crippen MR) is 117 cm³/mol. The summed E-state index contributed by atoms with van der Waals surface area (Å²) in [6, 6.07) is 13.5. The maximum Gasteiger partial charge on any atom is 0.253 e. The molecule has 1 saturated heterocycles. The fraction of sp³-hybridized carbons (Fsp3) is 0.211. The van der Waals surface area contributed by atoms with Gasteiger partial charge in [0.2, 0.25) is 0 Å². The van der Waals surface area contributed by atoms with E-state index in [0.29, 0.717) is 0 Å². The van der Waals surface area contributed by atoms with Crippen molar-refractivity contribution in [1.82, 2.24) is 20.2 Å². The van der Waals surface area contributed by atoms with Gasteiger partial charge in [0.25, 0.3) is 5.91 Å². The molecule has 144 valence electrons. The third kappa shape index (κ3) is 4.91. The monoisotopic (exact) mass is 475 g/mol. The van der Waals surface area contributed by atoms with Crippen molar-refractivity contribution in [3.05, 3.63) is 58.8 Å². The van der Waals surface area contributed by atoms with E-state index in [-0.39, 0.29) is 5.91 Å². The maximum atomic E-state index is 12.7. The van der Waals surface area contributed by atoms with Crippen molar-refractivity contribution in [2.24, 2.45) is 0 Å². The molecule has 0 unspecified atom stereocenters. The number of hydrogen-bond donors (Lipinski definition) is 2. The molecule has 2 aromatic heterocycles. The van der Waals surface area contributed by atoms with Crippen molar-refractivity contribution < 1.29 is 4.79 Å². The average Bonchev–Trinajstić information content (AvgIpc) is 3.15. The molecule has 0 saturated carbocycles. The summed E-state index contributed by atoms with van der Waals surface area (Å²) in [7, 11) is 0. The molecule has 0 aliphatic carbocycles. The Bertz CT molecular complexity index is 974. The lowest BCUT2D eigenvalue weighted by Gasteiger charge is -2.27. The summed E-state index contributed by atoms with van der Waals surface area (Å²) < 4.78 is 1.82. The molecule has 28 heavy (non-hydrogen) atoms. The summed E-state index contributed by atoms with van der Waals surface area (Å²) in [6.45, 7) is 3.21. The average molecular weight is 476 g/mol. The second-order valence-corrected chi connectivity index (χ2v) is 9.34. The molecular formula is C19H18BrN5OS2. The van der Waals surface area contributed by atoms with Gasteiger partial charge in [-0.25, -0.2) is 9.97 Å². The Labute approximate surface area is 179 Å². The van der Waals surface area contributed by atoms with Crippen molar-refractivity contribution in [2.45, 2.75) is 9.10 Å². The van der Waals surface area contributed by atoms with Crippen LogP contribution in [0.3, 0.4) is 0 Å². The molecule has 6 nitrogen and oxygen atoms in total. The molecule has 1 amide bonds. The van der Waals surface area contributed by atoms with Gasteiger partial charge in [0.15, 0.2) is 5.13 Å². The minimum absolute atomic E-state index is 0.0938. The van der Waals surface area contributed by atoms with E-state index in [4.69, 9.17) is 0 Å². The van der Waals surface area contributed by atoms with Crippen molar-refractivity contribution >= 4 is 55.9 Å². The molecule has 2 N–H and O–H groups in total. The number of halogens is 1. The van der Waals surface area contributed by atoms with Crippen LogP contribution in [0.25, 0.3) is 0 Å².